The third-order valence-electron chi connectivity index (χ3n) is 4.41. The monoisotopic (exact) mass is 447 g/mol. The Morgan fingerprint density at radius 2 is 1.37 bits per heavy atom. The van der Waals surface area contributed by atoms with Gasteiger partial charge in [-0.2, -0.15) is 0 Å². The molecular weight excluding hydrogens is 426 g/mol. The number of anilines is 1. The van der Waals surface area contributed by atoms with Crippen LogP contribution in [0.5, 0.6) is 23.0 Å². The largest absolute Gasteiger partial charge is 0.497 e. The standard InChI is InChI=1S/C22H22ClNO5S/c1-14-11-19(28-4)12-15(2)22(14)30(25,26)24-20-13-16(23)5-10-21(20)29-18-8-6-17(27-3)7-9-18/h5-13,24H,1-4H3. The van der Waals surface area contributed by atoms with Crippen LogP contribution in [0, 0.1) is 13.8 Å². The average molecular weight is 448 g/mol. The predicted molar refractivity (Wildman–Crippen MR) is 118 cm³/mol. The molecule has 0 aliphatic heterocycles. The van der Waals surface area contributed by atoms with Crippen molar-refractivity contribution in [3.05, 3.63) is 70.7 Å². The second kappa shape index (κ2) is 8.85. The lowest BCUT2D eigenvalue weighted by molar-refractivity contribution is 0.413. The van der Waals surface area contributed by atoms with Crippen molar-refractivity contribution in [1.29, 1.82) is 0 Å². The van der Waals surface area contributed by atoms with Gasteiger partial charge in [-0.15, -0.1) is 0 Å². The van der Waals surface area contributed by atoms with Crippen LogP contribution in [-0.2, 0) is 10.0 Å². The molecule has 0 atom stereocenters. The number of nitrogens with one attached hydrogen (secondary N) is 1. The van der Waals surface area contributed by atoms with E-state index in [0.29, 0.717) is 39.1 Å². The van der Waals surface area contributed by atoms with Crippen molar-refractivity contribution in [3.8, 4) is 23.0 Å². The highest BCUT2D eigenvalue weighted by molar-refractivity contribution is 7.92. The normalized spacial score (nSPS) is 11.1. The molecule has 0 fully saturated rings. The summed E-state index contributed by atoms with van der Waals surface area (Å²) in [5, 5.41) is 0.373. The highest BCUT2D eigenvalue weighted by Gasteiger charge is 2.22. The second-order valence-corrected chi connectivity index (χ2v) is 8.67. The van der Waals surface area contributed by atoms with Crippen molar-refractivity contribution < 1.29 is 22.6 Å². The van der Waals surface area contributed by atoms with E-state index in [1.54, 1.807) is 69.5 Å². The Kier molecular flexibility index (Phi) is 6.43. The minimum absolute atomic E-state index is 0.179. The summed E-state index contributed by atoms with van der Waals surface area (Å²) in [4.78, 5) is 0.179. The summed E-state index contributed by atoms with van der Waals surface area (Å²) in [7, 11) is -0.794. The number of rotatable bonds is 7. The van der Waals surface area contributed by atoms with Gasteiger partial charge in [-0.25, -0.2) is 8.42 Å². The van der Waals surface area contributed by atoms with Crippen molar-refractivity contribution in [1.82, 2.24) is 0 Å². The molecule has 3 aromatic carbocycles. The fraction of sp³-hybridized carbons (Fsp3) is 0.182. The minimum atomic E-state index is -3.91. The first kappa shape index (κ1) is 21.8. The summed E-state index contributed by atoms with van der Waals surface area (Å²) in [5.41, 5.74) is 1.37. The Hall–Kier alpha value is -2.90. The molecule has 0 saturated carbocycles. The van der Waals surface area contributed by atoms with Crippen molar-refractivity contribution in [2.75, 3.05) is 18.9 Å². The molecule has 0 aliphatic rings. The van der Waals surface area contributed by atoms with E-state index in [0.717, 1.165) is 0 Å². The van der Waals surface area contributed by atoms with E-state index in [1.165, 1.54) is 13.2 Å². The smallest absolute Gasteiger partial charge is 0.262 e. The van der Waals surface area contributed by atoms with Crippen LogP contribution in [0.2, 0.25) is 5.02 Å². The number of ether oxygens (including phenoxy) is 3. The maximum absolute atomic E-state index is 13.2. The van der Waals surface area contributed by atoms with E-state index in [1.807, 2.05) is 0 Å². The van der Waals surface area contributed by atoms with Gasteiger partial charge in [-0.1, -0.05) is 11.6 Å². The number of benzene rings is 3. The third-order valence-corrected chi connectivity index (χ3v) is 6.32. The number of hydrogen-bond acceptors (Lipinski definition) is 5. The molecule has 0 aliphatic carbocycles. The second-order valence-electron chi connectivity index (χ2n) is 6.61. The highest BCUT2D eigenvalue weighted by Crippen LogP contribution is 2.35. The molecular formula is C22H22ClNO5S. The Bertz CT molecular complexity index is 1140. The van der Waals surface area contributed by atoms with Crippen LogP contribution in [0.25, 0.3) is 0 Å². The van der Waals surface area contributed by atoms with Gasteiger partial charge in [0, 0.05) is 5.02 Å². The fourth-order valence-electron chi connectivity index (χ4n) is 3.09. The summed E-state index contributed by atoms with van der Waals surface area (Å²) in [5.74, 6) is 2.12. The fourth-order valence-corrected chi connectivity index (χ4v) is 4.78. The van der Waals surface area contributed by atoms with Gasteiger partial charge in [0.05, 0.1) is 24.8 Å². The topological polar surface area (TPSA) is 73.9 Å². The van der Waals surface area contributed by atoms with Crippen LogP contribution in [0.4, 0.5) is 5.69 Å². The van der Waals surface area contributed by atoms with Gasteiger partial charge >= 0.3 is 0 Å². The van der Waals surface area contributed by atoms with Crippen molar-refractivity contribution in [3.63, 3.8) is 0 Å². The van der Waals surface area contributed by atoms with Crippen molar-refractivity contribution >= 4 is 27.3 Å². The van der Waals surface area contributed by atoms with E-state index < -0.39 is 10.0 Å². The Balaban J connectivity index is 1.97. The lowest BCUT2D eigenvalue weighted by Gasteiger charge is -2.17. The quantitative estimate of drug-likeness (QED) is 0.512. The van der Waals surface area contributed by atoms with Crippen LogP contribution >= 0.6 is 11.6 Å². The first-order chi connectivity index (χ1) is 14.2. The number of halogens is 1. The van der Waals surface area contributed by atoms with Gasteiger partial charge in [0.15, 0.2) is 5.75 Å². The van der Waals surface area contributed by atoms with Crippen LogP contribution in [-0.4, -0.2) is 22.6 Å². The Morgan fingerprint density at radius 3 is 1.93 bits per heavy atom. The molecule has 0 aromatic heterocycles. The first-order valence-electron chi connectivity index (χ1n) is 9.03. The molecule has 0 amide bonds. The summed E-state index contributed by atoms with van der Waals surface area (Å²) < 4.78 is 45.2. The van der Waals surface area contributed by atoms with Crippen LogP contribution in [0.3, 0.4) is 0 Å². The average Bonchev–Trinajstić information content (AvgIpc) is 2.69. The molecule has 3 aromatic rings. The lowest BCUT2D eigenvalue weighted by Crippen LogP contribution is -2.16. The van der Waals surface area contributed by atoms with Gasteiger partial charge in [-0.05, 0) is 79.6 Å². The van der Waals surface area contributed by atoms with E-state index in [4.69, 9.17) is 25.8 Å². The molecule has 0 bridgehead atoms. The summed E-state index contributed by atoms with van der Waals surface area (Å²) in [6.07, 6.45) is 0. The molecule has 8 heteroatoms. The number of sulfonamides is 1. The maximum atomic E-state index is 13.2. The summed E-state index contributed by atoms with van der Waals surface area (Å²) in [6.45, 7) is 3.44. The Morgan fingerprint density at radius 1 is 0.800 bits per heavy atom. The molecule has 0 saturated heterocycles. The zero-order valence-corrected chi connectivity index (χ0v) is 18.6. The molecule has 0 unspecified atom stereocenters. The molecule has 6 nitrogen and oxygen atoms in total. The van der Waals surface area contributed by atoms with Crippen LogP contribution in [0.1, 0.15) is 11.1 Å². The Labute approximate surface area is 181 Å². The molecule has 30 heavy (non-hydrogen) atoms. The van der Waals surface area contributed by atoms with E-state index in [9.17, 15) is 8.42 Å². The van der Waals surface area contributed by atoms with E-state index in [-0.39, 0.29) is 10.6 Å². The van der Waals surface area contributed by atoms with Gasteiger partial charge in [0.2, 0.25) is 0 Å². The zero-order valence-electron chi connectivity index (χ0n) is 17.0. The molecule has 1 N–H and O–H groups in total. The maximum Gasteiger partial charge on any atom is 0.262 e. The minimum Gasteiger partial charge on any atom is -0.497 e. The number of aryl methyl sites for hydroxylation is 2. The molecule has 0 radical (unpaired) electrons. The highest BCUT2D eigenvalue weighted by atomic mass is 35.5. The van der Waals surface area contributed by atoms with Gasteiger partial charge in [0.25, 0.3) is 10.0 Å². The van der Waals surface area contributed by atoms with Crippen molar-refractivity contribution in [2.24, 2.45) is 0 Å². The number of methoxy groups -OCH3 is 2. The molecule has 3 rings (SSSR count). The summed E-state index contributed by atoms with van der Waals surface area (Å²) >= 11 is 6.11. The first-order valence-corrected chi connectivity index (χ1v) is 10.9. The van der Waals surface area contributed by atoms with Crippen molar-refractivity contribution in [2.45, 2.75) is 18.7 Å². The summed E-state index contributed by atoms with van der Waals surface area (Å²) in [6, 6.07) is 15.0. The number of hydrogen-bond donors (Lipinski definition) is 1. The SMILES string of the molecule is COc1ccc(Oc2ccc(Cl)cc2NS(=O)(=O)c2c(C)cc(OC)cc2C)cc1. The molecule has 158 valence electrons. The predicted octanol–water partition coefficient (Wildman–Crippen LogP) is 5.57. The lowest BCUT2D eigenvalue weighted by atomic mass is 10.1. The van der Waals surface area contributed by atoms with E-state index in [2.05, 4.69) is 4.72 Å². The van der Waals surface area contributed by atoms with Crippen LogP contribution in [0.15, 0.2) is 59.5 Å². The molecule has 0 heterocycles. The molecule has 0 spiro atoms. The van der Waals surface area contributed by atoms with Gasteiger partial charge < -0.3 is 14.2 Å². The zero-order chi connectivity index (χ0) is 21.9. The third kappa shape index (κ3) is 4.80. The van der Waals surface area contributed by atoms with Crippen LogP contribution < -0.4 is 18.9 Å². The van der Waals surface area contributed by atoms with Gasteiger partial charge in [-0.3, -0.25) is 4.72 Å². The van der Waals surface area contributed by atoms with E-state index >= 15 is 0 Å². The van der Waals surface area contributed by atoms with Gasteiger partial charge in [0.1, 0.15) is 17.2 Å².